The van der Waals surface area contributed by atoms with Gasteiger partial charge in [0.25, 0.3) is 5.91 Å². The number of benzene rings is 2. The Labute approximate surface area is 119 Å². The molecule has 110 valence electrons. The smallest absolute Gasteiger partial charge is 0.261 e. The minimum Gasteiger partial charge on any atom is -0.322 e. The predicted octanol–water partition coefficient (Wildman–Crippen LogP) is 1.86. The number of halogens is 2. The van der Waals surface area contributed by atoms with Gasteiger partial charge in [-0.05, 0) is 30.3 Å². The first-order valence-corrected chi connectivity index (χ1v) is 7.22. The van der Waals surface area contributed by atoms with Crippen molar-refractivity contribution in [1.29, 1.82) is 0 Å². The van der Waals surface area contributed by atoms with Crippen molar-refractivity contribution in [3.8, 4) is 0 Å². The van der Waals surface area contributed by atoms with Crippen molar-refractivity contribution in [2.75, 3.05) is 5.32 Å². The number of nitrogens with two attached hydrogens (primary N) is 1. The maximum atomic E-state index is 13.5. The Balaban J connectivity index is 2.33. The molecule has 0 spiro atoms. The van der Waals surface area contributed by atoms with Gasteiger partial charge in [0.15, 0.2) is 0 Å². The first kappa shape index (κ1) is 15.1. The lowest BCUT2D eigenvalue weighted by Crippen LogP contribution is -2.17. The fourth-order valence-corrected chi connectivity index (χ4v) is 2.22. The van der Waals surface area contributed by atoms with Crippen molar-refractivity contribution in [1.82, 2.24) is 0 Å². The predicted molar refractivity (Wildman–Crippen MR) is 72.1 cm³/mol. The number of hydrogen-bond donors (Lipinski definition) is 2. The summed E-state index contributed by atoms with van der Waals surface area (Å²) in [5.74, 6) is -3.07. The van der Waals surface area contributed by atoms with Crippen LogP contribution in [-0.2, 0) is 10.0 Å². The number of sulfonamides is 1. The van der Waals surface area contributed by atoms with Gasteiger partial charge in [0.2, 0.25) is 10.0 Å². The highest BCUT2D eigenvalue weighted by Crippen LogP contribution is 2.17. The molecule has 0 bridgehead atoms. The molecule has 0 aliphatic rings. The molecular formula is C13H10F2N2O3S. The lowest BCUT2D eigenvalue weighted by molar-refractivity contribution is 0.101. The van der Waals surface area contributed by atoms with E-state index >= 15 is 0 Å². The highest BCUT2D eigenvalue weighted by molar-refractivity contribution is 7.89. The van der Waals surface area contributed by atoms with Crippen LogP contribution in [0.2, 0.25) is 0 Å². The van der Waals surface area contributed by atoms with E-state index in [1.807, 2.05) is 0 Å². The topological polar surface area (TPSA) is 89.3 Å². The normalized spacial score (nSPS) is 11.2. The van der Waals surface area contributed by atoms with Crippen LogP contribution < -0.4 is 10.5 Å². The SMILES string of the molecule is NS(=O)(=O)c1cccc(NC(=O)c2c(F)cccc2F)c1. The van der Waals surface area contributed by atoms with E-state index < -0.39 is 33.1 Å². The minimum absolute atomic E-state index is 0.0502. The molecule has 2 aromatic carbocycles. The second-order valence-corrected chi connectivity index (χ2v) is 5.69. The first-order valence-electron chi connectivity index (χ1n) is 5.67. The van der Waals surface area contributed by atoms with Crippen LogP contribution in [0.15, 0.2) is 47.4 Å². The van der Waals surface area contributed by atoms with Gasteiger partial charge in [-0.2, -0.15) is 0 Å². The van der Waals surface area contributed by atoms with Crippen LogP contribution in [0.1, 0.15) is 10.4 Å². The molecule has 0 atom stereocenters. The maximum Gasteiger partial charge on any atom is 0.261 e. The second kappa shape index (κ2) is 5.58. The van der Waals surface area contributed by atoms with Crippen LogP contribution in [0.25, 0.3) is 0 Å². The van der Waals surface area contributed by atoms with Gasteiger partial charge in [0.1, 0.15) is 17.2 Å². The van der Waals surface area contributed by atoms with Gasteiger partial charge in [0.05, 0.1) is 4.90 Å². The van der Waals surface area contributed by atoms with Gasteiger partial charge in [-0.3, -0.25) is 4.79 Å². The zero-order chi connectivity index (χ0) is 15.6. The molecule has 2 rings (SSSR count). The summed E-state index contributed by atoms with van der Waals surface area (Å²) in [4.78, 5) is 11.6. The molecule has 0 aliphatic heterocycles. The molecule has 0 unspecified atom stereocenters. The summed E-state index contributed by atoms with van der Waals surface area (Å²) in [5.41, 5.74) is -0.701. The van der Waals surface area contributed by atoms with Crippen molar-refractivity contribution in [3.05, 3.63) is 59.7 Å². The monoisotopic (exact) mass is 312 g/mol. The van der Waals surface area contributed by atoms with E-state index in [2.05, 4.69) is 5.32 Å². The Morgan fingerprint density at radius 2 is 1.62 bits per heavy atom. The third-order valence-electron chi connectivity index (χ3n) is 2.61. The van der Waals surface area contributed by atoms with Crippen molar-refractivity contribution in [2.45, 2.75) is 4.90 Å². The molecule has 1 amide bonds. The zero-order valence-electron chi connectivity index (χ0n) is 10.5. The standard InChI is InChI=1S/C13H10F2N2O3S/c14-10-5-2-6-11(15)12(10)13(18)17-8-3-1-4-9(7-8)21(16,19)20/h1-7H,(H,17,18)(H2,16,19,20). The maximum absolute atomic E-state index is 13.5. The van der Waals surface area contributed by atoms with E-state index in [0.29, 0.717) is 0 Å². The number of carbonyl (C=O) groups is 1. The molecule has 0 heterocycles. The van der Waals surface area contributed by atoms with Crippen LogP contribution >= 0.6 is 0 Å². The number of anilines is 1. The third-order valence-corrected chi connectivity index (χ3v) is 3.52. The van der Waals surface area contributed by atoms with Crippen LogP contribution in [0, 0.1) is 11.6 Å². The Bertz CT molecular complexity index is 787. The van der Waals surface area contributed by atoms with Crippen molar-refractivity contribution < 1.29 is 22.0 Å². The molecule has 2 aromatic rings. The summed E-state index contributed by atoms with van der Waals surface area (Å²) < 4.78 is 49.3. The highest BCUT2D eigenvalue weighted by Gasteiger charge is 2.17. The Kier molecular flexibility index (Phi) is 4.01. The molecule has 0 radical (unpaired) electrons. The number of rotatable bonds is 3. The molecule has 3 N–H and O–H groups in total. The molecule has 5 nitrogen and oxygen atoms in total. The van der Waals surface area contributed by atoms with Crippen molar-refractivity contribution in [2.24, 2.45) is 5.14 Å². The molecule has 0 aromatic heterocycles. The van der Waals surface area contributed by atoms with Crippen molar-refractivity contribution >= 4 is 21.6 Å². The molecule has 0 saturated carbocycles. The largest absolute Gasteiger partial charge is 0.322 e. The number of hydrogen-bond acceptors (Lipinski definition) is 3. The molecule has 0 saturated heterocycles. The van der Waals surface area contributed by atoms with Gasteiger partial charge < -0.3 is 5.32 Å². The zero-order valence-corrected chi connectivity index (χ0v) is 11.3. The summed E-state index contributed by atoms with van der Waals surface area (Å²) in [6.45, 7) is 0. The molecule has 0 fully saturated rings. The van der Waals surface area contributed by atoms with Gasteiger partial charge in [-0.15, -0.1) is 0 Å². The molecule has 21 heavy (non-hydrogen) atoms. The Hall–Kier alpha value is -2.32. The lowest BCUT2D eigenvalue weighted by Gasteiger charge is -2.08. The fraction of sp³-hybridized carbons (Fsp3) is 0. The Morgan fingerprint density at radius 3 is 2.19 bits per heavy atom. The van der Waals surface area contributed by atoms with Crippen molar-refractivity contribution in [3.63, 3.8) is 0 Å². The van der Waals surface area contributed by atoms with Crippen LogP contribution in [0.3, 0.4) is 0 Å². The molecule has 8 heteroatoms. The Morgan fingerprint density at radius 1 is 1.05 bits per heavy atom. The quantitative estimate of drug-likeness (QED) is 0.906. The van der Waals surface area contributed by atoms with Crippen LogP contribution in [-0.4, -0.2) is 14.3 Å². The van der Waals surface area contributed by atoms with E-state index in [1.165, 1.54) is 18.2 Å². The van der Waals surface area contributed by atoms with Gasteiger partial charge >= 0.3 is 0 Å². The van der Waals surface area contributed by atoms with E-state index in [0.717, 1.165) is 24.3 Å². The average molecular weight is 312 g/mol. The lowest BCUT2D eigenvalue weighted by atomic mass is 10.2. The minimum atomic E-state index is -3.94. The average Bonchev–Trinajstić information content (AvgIpc) is 2.37. The van der Waals surface area contributed by atoms with Crippen LogP contribution in [0.5, 0.6) is 0 Å². The molecular weight excluding hydrogens is 302 g/mol. The number of primary sulfonamides is 1. The number of carbonyl (C=O) groups excluding carboxylic acids is 1. The first-order chi connectivity index (χ1) is 9.79. The molecule has 0 aliphatic carbocycles. The van der Waals surface area contributed by atoms with Gasteiger partial charge in [0, 0.05) is 5.69 Å². The fourth-order valence-electron chi connectivity index (χ4n) is 1.66. The summed E-state index contributed by atoms with van der Waals surface area (Å²) in [5, 5.41) is 7.17. The number of amides is 1. The summed E-state index contributed by atoms with van der Waals surface area (Å²) in [6, 6.07) is 8.04. The van der Waals surface area contributed by atoms with Gasteiger partial charge in [-0.25, -0.2) is 22.3 Å². The van der Waals surface area contributed by atoms with E-state index in [4.69, 9.17) is 5.14 Å². The summed E-state index contributed by atoms with van der Waals surface area (Å²) in [7, 11) is -3.94. The van der Waals surface area contributed by atoms with Crippen LogP contribution in [0.4, 0.5) is 14.5 Å². The van der Waals surface area contributed by atoms with E-state index in [9.17, 15) is 22.0 Å². The number of nitrogens with one attached hydrogen (secondary N) is 1. The third kappa shape index (κ3) is 3.41. The van der Waals surface area contributed by atoms with E-state index in [1.54, 1.807) is 0 Å². The highest BCUT2D eigenvalue weighted by atomic mass is 32.2. The summed E-state index contributed by atoms with van der Waals surface area (Å²) in [6.07, 6.45) is 0. The van der Waals surface area contributed by atoms with E-state index in [-0.39, 0.29) is 10.6 Å². The summed E-state index contributed by atoms with van der Waals surface area (Å²) >= 11 is 0. The second-order valence-electron chi connectivity index (χ2n) is 4.12. The van der Waals surface area contributed by atoms with Gasteiger partial charge in [-0.1, -0.05) is 12.1 Å².